The van der Waals surface area contributed by atoms with E-state index in [2.05, 4.69) is 0 Å². The van der Waals surface area contributed by atoms with Gasteiger partial charge >= 0.3 is 0 Å². The molecular formula is C14H18F5NO2Si. The SMILES string of the molecule is CCO[Si](C)(C)CCCN(F)C(=O)c1cc(F)c(F)c(F)c1F. The smallest absolute Gasteiger partial charge is 0.284 e. The minimum atomic E-state index is -2.15. The van der Waals surface area contributed by atoms with Crippen LogP contribution < -0.4 is 0 Å². The fraction of sp³-hybridized carbons (Fsp3) is 0.500. The Morgan fingerprint density at radius 2 is 1.78 bits per heavy atom. The van der Waals surface area contributed by atoms with Gasteiger partial charge in [-0.15, -0.1) is 0 Å². The molecule has 0 spiro atoms. The number of hydrogen-bond donors (Lipinski definition) is 0. The lowest BCUT2D eigenvalue weighted by molar-refractivity contribution is 0.0189. The van der Waals surface area contributed by atoms with E-state index >= 15 is 0 Å². The molecule has 1 rings (SSSR count). The molecule has 1 amide bonds. The van der Waals surface area contributed by atoms with E-state index in [0.29, 0.717) is 12.7 Å². The number of hydrogen-bond acceptors (Lipinski definition) is 2. The van der Waals surface area contributed by atoms with Crippen molar-refractivity contribution in [1.82, 2.24) is 5.12 Å². The Morgan fingerprint density at radius 3 is 2.35 bits per heavy atom. The Bertz CT molecular complexity index is 583. The predicted octanol–water partition coefficient (Wildman–Crippen LogP) is 4.20. The van der Waals surface area contributed by atoms with Gasteiger partial charge in [-0.05, 0) is 38.5 Å². The van der Waals surface area contributed by atoms with Crippen molar-refractivity contribution in [2.75, 3.05) is 13.2 Å². The second-order valence-corrected chi connectivity index (χ2v) is 9.84. The molecule has 0 heterocycles. The maximum atomic E-state index is 13.7. The van der Waals surface area contributed by atoms with Crippen LogP contribution in [-0.4, -0.2) is 32.5 Å². The van der Waals surface area contributed by atoms with E-state index in [4.69, 9.17) is 4.43 Å². The van der Waals surface area contributed by atoms with Crippen molar-refractivity contribution in [2.45, 2.75) is 32.5 Å². The Kier molecular flexibility index (Phi) is 6.69. The molecule has 0 unspecified atom stereocenters. The Morgan fingerprint density at radius 1 is 1.17 bits per heavy atom. The monoisotopic (exact) mass is 355 g/mol. The number of halogens is 5. The molecule has 1 aromatic carbocycles. The summed E-state index contributed by atoms with van der Waals surface area (Å²) in [5.74, 6) is -9.43. The van der Waals surface area contributed by atoms with E-state index in [1.807, 2.05) is 20.0 Å². The molecule has 0 fully saturated rings. The third-order valence-electron chi connectivity index (χ3n) is 3.22. The van der Waals surface area contributed by atoms with Crippen LogP contribution in [0.2, 0.25) is 19.1 Å². The highest BCUT2D eigenvalue weighted by atomic mass is 28.4. The molecule has 3 nitrogen and oxygen atoms in total. The predicted molar refractivity (Wildman–Crippen MR) is 77.0 cm³/mol. The summed E-state index contributed by atoms with van der Waals surface area (Å²) in [6.45, 7) is 5.82. The summed E-state index contributed by atoms with van der Waals surface area (Å²) in [7, 11) is -1.97. The summed E-state index contributed by atoms with van der Waals surface area (Å²) in [6, 6.07) is 0.685. The molecule has 0 aliphatic rings. The first-order valence-electron chi connectivity index (χ1n) is 7.05. The lowest BCUT2D eigenvalue weighted by atomic mass is 10.1. The second-order valence-electron chi connectivity index (χ2n) is 5.54. The summed E-state index contributed by atoms with van der Waals surface area (Å²) in [6.07, 6.45) is 0.245. The average Bonchev–Trinajstić information content (AvgIpc) is 2.47. The van der Waals surface area contributed by atoms with Crippen LogP contribution in [-0.2, 0) is 4.43 Å². The maximum Gasteiger partial charge on any atom is 0.284 e. The van der Waals surface area contributed by atoms with Crippen molar-refractivity contribution in [1.29, 1.82) is 0 Å². The van der Waals surface area contributed by atoms with Crippen molar-refractivity contribution >= 4 is 14.2 Å². The summed E-state index contributed by atoms with van der Waals surface area (Å²) < 4.78 is 71.7. The molecule has 130 valence electrons. The largest absolute Gasteiger partial charge is 0.418 e. The summed E-state index contributed by atoms with van der Waals surface area (Å²) >= 11 is 0. The standard InChI is InChI=1S/C14H18F5NO2Si/c1-4-22-23(2,3)7-5-6-20(19)14(21)9-8-10(15)12(17)13(18)11(9)16/h8H,4-7H2,1-3H3. The van der Waals surface area contributed by atoms with Crippen LogP contribution in [0.3, 0.4) is 0 Å². The molecule has 0 atom stereocenters. The Balaban J connectivity index is 2.75. The van der Waals surface area contributed by atoms with Gasteiger partial charge in [-0.1, -0.05) is 4.48 Å². The molecule has 0 saturated carbocycles. The van der Waals surface area contributed by atoms with E-state index in [-0.39, 0.29) is 24.2 Å². The van der Waals surface area contributed by atoms with Crippen LogP contribution in [0, 0.1) is 23.3 Å². The molecule has 1 aromatic rings. The first-order valence-corrected chi connectivity index (χ1v) is 10.2. The lowest BCUT2D eigenvalue weighted by Crippen LogP contribution is -2.32. The van der Waals surface area contributed by atoms with E-state index < -0.39 is 43.1 Å². The zero-order valence-corrected chi connectivity index (χ0v) is 14.1. The summed E-state index contributed by atoms with van der Waals surface area (Å²) in [5, 5.41) is -0.342. The highest BCUT2D eigenvalue weighted by Gasteiger charge is 2.27. The number of carbonyl (C=O) groups excluding carboxylic acids is 1. The van der Waals surface area contributed by atoms with Crippen LogP contribution in [0.15, 0.2) is 6.07 Å². The highest BCUT2D eigenvalue weighted by molar-refractivity contribution is 6.71. The third kappa shape index (κ3) is 5.00. The average molecular weight is 355 g/mol. The minimum absolute atomic E-state index is 0.140. The Hall–Kier alpha value is -1.48. The quantitative estimate of drug-likeness (QED) is 0.241. The molecule has 0 aromatic heterocycles. The van der Waals surface area contributed by atoms with Crippen LogP contribution >= 0.6 is 0 Å². The van der Waals surface area contributed by atoms with Gasteiger partial charge in [-0.25, -0.2) is 17.6 Å². The van der Waals surface area contributed by atoms with E-state index in [0.717, 1.165) is 0 Å². The van der Waals surface area contributed by atoms with Crippen molar-refractivity contribution in [3.05, 3.63) is 34.9 Å². The van der Waals surface area contributed by atoms with Gasteiger partial charge in [0.25, 0.3) is 5.91 Å². The van der Waals surface area contributed by atoms with Gasteiger partial charge in [0.1, 0.15) is 0 Å². The van der Waals surface area contributed by atoms with E-state index in [1.165, 1.54) is 0 Å². The topological polar surface area (TPSA) is 29.5 Å². The third-order valence-corrected chi connectivity index (χ3v) is 5.85. The molecule has 0 aliphatic carbocycles. The molecule has 0 N–H and O–H groups in total. The fourth-order valence-electron chi connectivity index (χ4n) is 2.07. The van der Waals surface area contributed by atoms with Gasteiger partial charge in [0.15, 0.2) is 31.6 Å². The van der Waals surface area contributed by atoms with Gasteiger partial charge in [-0.2, -0.15) is 5.12 Å². The molecule has 0 saturated heterocycles. The first-order chi connectivity index (χ1) is 10.6. The molecule has 23 heavy (non-hydrogen) atoms. The van der Waals surface area contributed by atoms with Gasteiger partial charge in [0.05, 0.1) is 12.1 Å². The van der Waals surface area contributed by atoms with Gasteiger partial charge in [0.2, 0.25) is 0 Å². The molecule has 9 heteroatoms. The number of amides is 1. The van der Waals surface area contributed by atoms with Crippen LogP contribution in [0.1, 0.15) is 23.7 Å². The number of nitrogens with zero attached hydrogens (tertiary/aromatic N) is 1. The van der Waals surface area contributed by atoms with Gasteiger partial charge in [-0.3, -0.25) is 4.79 Å². The minimum Gasteiger partial charge on any atom is -0.418 e. The van der Waals surface area contributed by atoms with Crippen molar-refractivity contribution < 1.29 is 31.3 Å². The van der Waals surface area contributed by atoms with Crippen LogP contribution in [0.25, 0.3) is 0 Å². The van der Waals surface area contributed by atoms with Gasteiger partial charge < -0.3 is 4.43 Å². The van der Waals surface area contributed by atoms with Gasteiger partial charge in [0, 0.05) is 6.61 Å². The first kappa shape index (κ1) is 19.6. The van der Waals surface area contributed by atoms with E-state index in [1.54, 1.807) is 0 Å². The van der Waals surface area contributed by atoms with Crippen molar-refractivity contribution in [2.24, 2.45) is 0 Å². The zero-order chi connectivity index (χ0) is 17.8. The Labute approximate surface area is 132 Å². The van der Waals surface area contributed by atoms with Crippen molar-refractivity contribution in [3.8, 4) is 0 Å². The lowest BCUT2D eigenvalue weighted by Gasteiger charge is -2.22. The molecule has 0 radical (unpaired) electrons. The number of benzene rings is 1. The zero-order valence-electron chi connectivity index (χ0n) is 13.1. The second kappa shape index (κ2) is 7.87. The maximum absolute atomic E-state index is 13.7. The molecule has 0 bridgehead atoms. The molecular weight excluding hydrogens is 337 g/mol. The highest BCUT2D eigenvalue weighted by Crippen LogP contribution is 2.21. The van der Waals surface area contributed by atoms with Crippen molar-refractivity contribution in [3.63, 3.8) is 0 Å². The normalized spacial score (nSPS) is 11.7. The summed E-state index contributed by atoms with van der Waals surface area (Å²) in [5.41, 5.74) is -1.19. The number of rotatable bonds is 7. The van der Waals surface area contributed by atoms with E-state index in [9.17, 15) is 26.8 Å². The van der Waals surface area contributed by atoms with Crippen LogP contribution in [0.4, 0.5) is 22.0 Å². The fourth-order valence-corrected chi connectivity index (χ4v) is 4.00. The summed E-state index contributed by atoms with van der Waals surface area (Å²) in [4.78, 5) is 11.7. The number of carbonyl (C=O) groups is 1. The van der Waals surface area contributed by atoms with Crippen LogP contribution in [0.5, 0.6) is 0 Å². The molecule has 0 aliphatic heterocycles.